The van der Waals surface area contributed by atoms with E-state index in [-0.39, 0.29) is 11.8 Å². The van der Waals surface area contributed by atoms with E-state index in [9.17, 15) is 9.18 Å². The van der Waals surface area contributed by atoms with Crippen LogP contribution in [0.1, 0.15) is 41.5 Å². The van der Waals surface area contributed by atoms with Crippen molar-refractivity contribution < 1.29 is 13.9 Å². The second kappa shape index (κ2) is 5.83. The highest BCUT2D eigenvalue weighted by Crippen LogP contribution is 2.18. The lowest BCUT2D eigenvalue weighted by Crippen LogP contribution is -2.28. The average molecular weight is 228 g/mol. The molecule has 0 aromatic rings. The Labute approximate surface area is 97.2 Å². The molecule has 0 amide bonds. The highest BCUT2D eigenvalue weighted by molar-refractivity contribution is 5.75. The third-order valence-electron chi connectivity index (χ3n) is 2.08. The van der Waals surface area contributed by atoms with Gasteiger partial charge in [-0.3, -0.25) is 4.79 Å². The normalized spacial score (nSPS) is 15.9. The van der Waals surface area contributed by atoms with Crippen molar-refractivity contribution in [3.63, 3.8) is 0 Å². The lowest BCUT2D eigenvalue weighted by atomic mass is 10.0. The lowest BCUT2D eigenvalue weighted by Gasteiger charge is -2.22. The van der Waals surface area contributed by atoms with Gasteiger partial charge in [-0.1, -0.05) is 11.6 Å². The zero-order valence-electron chi connectivity index (χ0n) is 10.9. The van der Waals surface area contributed by atoms with Gasteiger partial charge in [-0.15, -0.1) is 0 Å². The third kappa shape index (κ3) is 5.69. The molecule has 2 nitrogen and oxygen atoms in total. The van der Waals surface area contributed by atoms with Gasteiger partial charge in [-0.25, -0.2) is 4.39 Å². The molecule has 0 rings (SSSR count). The molecule has 92 valence electrons. The van der Waals surface area contributed by atoms with Crippen molar-refractivity contribution in [1.82, 2.24) is 0 Å². The Morgan fingerprint density at radius 3 is 2.25 bits per heavy atom. The van der Waals surface area contributed by atoms with E-state index in [1.54, 1.807) is 20.8 Å². The Morgan fingerprint density at radius 1 is 1.38 bits per heavy atom. The van der Waals surface area contributed by atoms with Crippen molar-refractivity contribution in [2.24, 2.45) is 5.92 Å². The third-order valence-corrected chi connectivity index (χ3v) is 2.08. The SMILES string of the molecule is CC=C(F)C=C(C)C(C)C(=O)OC(C)(C)C. The van der Waals surface area contributed by atoms with Gasteiger partial charge in [0.1, 0.15) is 11.4 Å². The number of esters is 1. The molecule has 0 aliphatic rings. The van der Waals surface area contributed by atoms with Crippen LogP contribution in [0.4, 0.5) is 4.39 Å². The molecule has 3 heteroatoms. The Balaban J connectivity index is 4.63. The van der Waals surface area contributed by atoms with Crippen LogP contribution in [0.5, 0.6) is 0 Å². The largest absolute Gasteiger partial charge is 0.460 e. The van der Waals surface area contributed by atoms with Crippen molar-refractivity contribution in [1.29, 1.82) is 0 Å². The van der Waals surface area contributed by atoms with Crippen LogP contribution < -0.4 is 0 Å². The number of allylic oxidation sites excluding steroid dienone is 3. The Hall–Kier alpha value is -1.12. The maximum absolute atomic E-state index is 13.0. The topological polar surface area (TPSA) is 26.3 Å². The van der Waals surface area contributed by atoms with E-state index in [4.69, 9.17) is 4.74 Å². The molecule has 16 heavy (non-hydrogen) atoms. The molecule has 0 radical (unpaired) electrons. The zero-order chi connectivity index (χ0) is 12.9. The molecule has 0 aromatic carbocycles. The summed E-state index contributed by atoms with van der Waals surface area (Å²) in [5, 5.41) is 0. The predicted molar refractivity (Wildman–Crippen MR) is 63.6 cm³/mol. The first-order valence-corrected chi connectivity index (χ1v) is 5.40. The van der Waals surface area contributed by atoms with E-state index in [0.717, 1.165) is 0 Å². The van der Waals surface area contributed by atoms with Gasteiger partial charge in [0.2, 0.25) is 0 Å². The molecule has 0 aliphatic carbocycles. The Kier molecular flexibility index (Phi) is 5.42. The molecule has 0 aliphatic heterocycles. The quantitative estimate of drug-likeness (QED) is 0.542. The predicted octanol–water partition coefficient (Wildman–Crippen LogP) is 3.78. The minimum absolute atomic E-state index is 0.329. The summed E-state index contributed by atoms with van der Waals surface area (Å²) in [7, 11) is 0. The molecule has 1 atom stereocenters. The van der Waals surface area contributed by atoms with Crippen LogP contribution in [-0.4, -0.2) is 11.6 Å². The highest BCUT2D eigenvalue weighted by atomic mass is 19.1. The molecular formula is C13H21FO2. The van der Waals surface area contributed by atoms with Crippen LogP contribution in [0, 0.1) is 5.92 Å². The number of ether oxygens (including phenoxy) is 1. The Bertz CT molecular complexity index is 308. The van der Waals surface area contributed by atoms with Crippen molar-refractivity contribution >= 4 is 5.97 Å². The van der Waals surface area contributed by atoms with Crippen LogP contribution in [0.25, 0.3) is 0 Å². The fourth-order valence-corrected chi connectivity index (χ4v) is 1.00. The molecule has 0 spiro atoms. The first-order valence-electron chi connectivity index (χ1n) is 5.40. The van der Waals surface area contributed by atoms with Gasteiger partial charge in [-0.05, 0) is 47.6 Å². The number of carbonyl (C=O) groups excluding carboxylic acids is 1. The molecule has 0 saturated carbocycles. The van der Waals surface area contributed by atoms with Crippen LogP contribution in [0.15, 0.2) is 23.6 Å². The van der Waals surface area contributed by atoms with E-state index in [0.29, 0.717) is 5.57 Å². The Morgan fingerprint density at radius 2 is 1.88 bits per heavy atom. The van der Waals surface area contributed by atoms with E-state index < -0.39 is 11.5 Å². The summed E-state index contributed by atoms with van der Waals surface area (Å²) in [6.45, 7) is 10.5. The minimum Gasteiger partial charge on any atom is -0.460 e. The molecule has 0 aromatic heterocycles. The summed E-state index contributed by atoms with van der Waals surface area (Å²) in [6.07, 6.45) is 2.71. The molecular weight excluding hydrogens is 207 g/mol. The molecule has 0 fully saturated rings. The standard InChI is InChI=1S/C13H21FO2/c1-7-11(14)8-9(2)10(3)12(15)16-13(4,5)6/h7-8,10H,1-6H3. The summed E-state index contributed by atoms with van der Waals surface area (Å²) < 4.78 is 18.2. The summed E-state index contributed by atoms with van der Waals surface area (Å²) in [5.74, 6) is -1.09. The lowest BCUT2D eigenvalue weighted by molar-refractivity contribution is -0.157. The first-order chi connectivity index (χ1) is 7.17. The maximum atomic E-state index is 13.0. The van der Waals surface area contributed by atoms with Gasteiger partial charge in [0, 0.05) is 0 Å². The molecule has 1 unspecified atom stereocenters. The van der Waals surface area contributed by atoms with Gasteiger partial charge < -0.3 is 4.74 Å². The van der Waals surface area contributed by atoms with Crippen molar-refractivity contribution in [2.45, 2.75) is 47.1 Å². The summed E-state index contributed by atoms with van der Waals surface area (Å²) in [6, 6.07) is 0. The minimum atomic E-state index is -0.509. The number of hydrogen-bond donors (Lipinski definition) is 0. The van der Waals surface area contributed by atoms with Crippen LogP contribution in [-0.2, 0) is 9.53 Å². The van der Waals surface area contributed by atoms with Crippen LogP contribution >= 0.6 is 0 Å². The van der Waals surface area contributed by atoms with Gasteiger partial charge in [-0.2, -0.15) is 0 Å². The fourth-order valence-electron chi connectivity index (χ4n) is 1.00. The average Bonchev–Trinajstić information content (AvgIpc) is 2.13. The molecule has 0 heterocycles. The monoisotopic (exact) mass is 228 g/mol. The number of hydrogen-bond acceptors (Lipinski definition) is 2. The second-order valence-electron chi connectivity index (χ2n) is 4.82. The van der Waals surface area contributed by atoms with Crippen LogP contribution in [0.2, 0.25) is 0 Å². The molecule has 0 bridgehead atoms. The fraction of sp³-hybridized carbons (Fsp3) is 0.615. The van der Waals surface area contributed by atoms with Crippen LogP contribution in [0.3, 0.4) is 0 Å². The van der Waals surface area contributed by atoms with Gasteiger partial charge >= 0.3 is 5.97 Å². The van der Waals surface area contributed by atoms with Gasteiger partial charge in [0.25, 0.3) is 0 Å². The van der Waals surface area contributed by atoms with Gasteiger partial charge in [0.05, 0.1) is 5.92 Å². The summed E-state index contributed by atoms with van der Waals surface area (Å²) in [4.78, 5) is 11.7. The van der Waals surface area contributed by atoms with E-state index >= 15 is 0 Å². The van der Waals surface area contributed by atoms with E-state index in [2.05, 4.69) is 0 Å². The number of halogens is 1. The summed E-state index contributed by atoms with van der Waals surface area (Å²) in [5.41, 5.74) is 0.148. The highest BCUT2D eigenvalue weighted by Gasteiger charge is 2.22. The van der Waals surface area contributed by atoms with E-state index in [1.165, 1.54) is 12.2 Å². The zero-order valence-corrected chi connectivity index (χ0v) is 10.9. The van der Waals surface area contributed by atoms with Crippen molar-refractivity contribution in [2.75, 3.05) is 0 Å². The molecule has 0 saturated heterocycles. The van der Waals surface area contributed by atoms with Crippen molar-refractivity contribution in [3.8, 4) is 0 Å². The molecule has 0 N–H and O–H groups in total. The maximum Gasteiger partial charge on any atom is 0.313 e. The van der Waals surface area contributed by atoms with Crippen molar-refractivity contribution in [3.05, 3.63) is 23.6 Å². The second-order valence-corrected chi connectivity index (χ2v) is 4.82. The van der Waals surface area contributed by atoms with E-state index in [1.807, 2.05) is 20.8 Å². The summed E-state index contributed by atoms with van der Waals surface area (Å²) >= 11 is 0. The first kappa shape index (κ1) is 14.9. The van der Waals surface area contributed by atoms with Gasteiger partial charge in [0.15, 0.2) is 0 Å². The number of carbonyl (C=O) groups is 1. The number of rotatable bonds is 3. The smallest absolute Gasteiger partial charge is 0.313 e.